The molecule has 108 valence electrons. The zero-order valence-electron chi connectivity index (χ0n) is 12.3. The fraction of sp³-hybridized carbons (Fsp3) is 0.857. The molecule has 2 unspecified atom stereocenters. The molecule has 2 atom stereocenters. The number of methoxy groups -OCH3 is 1. The number of nitrogens with zero attached hydrogens (tertiary/aromatic N) is 2. The van der Waals surface area contributed by atoms with Gasteiger partial charge in [-0.25, -0.2) is 4.79 Å². The molecular formula is C14H24N2O3. The summed E-state index contributed by atoms with van der Waals surface area (Å²) in [6, 6.07) is 0.316. The Bertz CT molecular complexity index is 373. The molecule has 0 N–H and O–H groups in total. The first-order valence-electron chi connectivity index (χ1n) is 6.99. The Labute approximate surface area is 115 Å². The van der Waals surface area contributed by atoms with E-state index in [0.717, 1.165) is 25.2 Å². The molecule has 1 amide bonds. The lowest BCUT2D eigenvalue weighted by molar-refractivity contribution is -0.00222. The number of hydrogen-bond donors (Lipinski definition) is 0. The van der Waals surface area contributed by atoms with Crippen molar-refractivity contribution in [1.82, 2.24) is 4.90 Å². The van der Waals surface area contributed by atoms with Gasteiger partial charge in [0.15, 0.2) is 5.90 Å². The normalized spacial score (nSPS) is 27.4. The minimum atomic E-state index is -0.456. The number of carbonyl (C=O) groups is 1. The van der Waals surface area contributed by atoms with Crippen LogP contribution < -0.4 is 0 Å². The van der Waals surface area contributed by atoms with Crippen molar-refractivity contribution in [2.75, 3.05) is 13.7 Å². The average Bonchev–Trinajstić information content (AvgIpc) is 2.41. The van der Waals surface area contributed by atoms with Crippen molar-refractivity contribution < 1.29 is 14.3 Å². The van der Waals surface area contributed by atoms with Gasteiger partial charge in [0.1, 0.15) is 5.60 Å². The van der Waals surface area contributed by atoms with Gasteiger partial charge in [0, 0.05) is 12.5 Å². The van der Waals surface area contributed by atoms with Crippen LogP contribution in [0.4, 0.5) is 4.79 Å². The van der Waals surface area contributed by atoms with Crippen molar-refractivity contribution in [2.45, 2.75) is 64.1 Å². The van der Waals surface area contributed by atoms with Gasteiger partial charge < -0.3 is 9.47 Å². The molecule has 0 aromatic heterocycles. The van der Waals surface area contributed by atoms with E-state index in [1.54, 1.807) is 7.11 Å². The van der Waals surface area contributed by atoms with E-state index in [9.17, 15) is 4.79 Å². The Kier molecular flexibility index (Phi) is 4.02. The van der Waals surface area contributed by atoms with Gasteiger partial charge in [0.25, 0.3) is 0 Å². The third-order valence-corrected chi connectivity index (χ3v) is 3.59. The molecule has 0 spiro atoms. The molecule has 2 heterocycles. The van der Waals surface area contributed by atoms with Gasteiger partial charge in [-0.2, -0.15) is 0 Å². The number of ether oxygens (including phenoxy) is 2. The minimum Gasteiger partial charge on any atom is -0.484 e. The highest BCUT2D eigenvalue weighted by molar-refractivity contribution is 5.78. The summed E-state index contributed by atoms with van der Waals surface area (Å²) >= 11 is 0. The Hall–Kier alpha value is -1.26. The molecule has 0 aromatic carbocycles. The summed E-state index contributed by atoms with van der Waals surface area (Å²) < 4.78 is 10.8. The highest BCUT2D eigenvalue weighted by Crippen LogP contribution is 2.29. The second-order valence-corrected chi connectivity index (χ2v) is 6.27. The summed E-state index contributed by atoms with van der Waals surface area (Å²) in [6.45, 7) is 6.32. The summed E-state index contributed by atoms with van der Waals surface area (Å²) in [5.41, 5.74) is -0.456. The number of amides is 1. The standard InChI is InChI=1S/C14H24N2O3/c1-14(2,3)19-13(17)16-10-6-5-7-11(16)9-15-12(8-10)18-4/h10-11H,5-9H2,1-4H3. The van der Waals surface area contributed by atoms with E-state index in [4.69, 9.17) is 9.47 Å². The highest BCUT2D eigenvalue weighted by atomic mass is 16.6. The monoisotopic (exact) mass is 268 g/mol. The van der Waals surface area contributed by atoms with Gasteiger partial charge in [0.2, 0.25) is 0 Å². The van der Waals surface area contributed by atoms with Crippen LogP contribution in [-0.2, 0) is 9.47 Å². The Morgan fingerprint density at radius 1 is 1.32 bits per heavy atom. The van der Waals surface area contributed by atoms with Crippen LogP contribution in [0.3, 0.4) is 0 Å². The van der Waals surface area contributed by atoms with E-state index in [1.807, 2.05) is 25.7 Å². The van der Waals surface area contributed by atoms with E-state index >= 15 is 0 Å². The molecule has 2 rings (SSSR count). The molecule has 0 aromatic rings. The topological polar surface area (TPSA) is 51.1 Å². The van der Waals surface area contributed by atoms with Gasteiger partial charge >= 0.3 is 6.09 Å². The molecule has 19 heavy (non-hydrogen) atoms. The van der Waals surface area contributed by atoms with Crippen molar-refractivity contribution in [3.8, 4) is 0 Å². The van der Waals surface area contributed by atoms with E-state index < -0.39 is 5.60 Å². The van der Waals surface area contributed by atoms with E-state index in [2.05, 4.69) is 4.99 Å². The van der Waals surface area contributed by atoms with E-state index in [1.165, 1.54) is 0 Å². The molecule has 1 fully saturated rings. The molecule has 2 aliphatic heterocycles. The van der Waals surface area contributed by atoms with Crippen LogP contribution in [-0.4, -0.2) is 48.2 Å². The maximum atomic E-state index is 12.4. The fourth-order valence-electron chi connectivity index (χ4n) is 2.78. The number of carbonyl (C=O) groups excluding carboxylic acids is 1. The fourth-order valence-corrected chi connectivity index (χ4v) is 2.78. The first kappa shape index (κ1) is 14.2. The van der Waals surface area contributed by atoms with E-state index in [-0.39, 0.29) is 18.2 Å². The Morgan fingerprint density at radius 3 is 2.63 bits per heavy atom. The molecule has 2 bridgehead atoms. The first-order valence-corrected chi connectivity index (χ1v) is 6.99. The Morgan fingerprint density at radius 2 is 2.00 bits per heavy atom. The zero-order chi connectivity index (χ0) is 14.0. The Balaban J connectivity index is 2.14. The molecule has 0 aliphatic carbocycles. The summed E-state index contributed by atoms with van der Waals surface area (Å²) in [5.74, 6) is 0.753. The maximum Gasteiger partial charge on any atom is 0.410 e. The van der Waals surface area contributed by atoms with Crippen molar-refractivity contribution in [2.24, 2.45) is 4.99 Å². The summed E-state index contributed by atoms with van der Waals surface area (Å²) in [5, 5.41) is 0. The summed E-state index contributed by atoms with van der Waals surface area (Å²) in [7, 11) is 1.64. The molecule has 5 heteroatoms. The second kappa shape index (κ2) is 5.39. The van der Waals surface area contributed by atoms with Gasteiger partial charge in [-0.05, 0) is 40.0 Å². The predicted molar refractivity (Wildman–Crippen MR) is 73.4 cm³/mol. The van der Waals surface area contributed by atoms with Gasteiger partial charge in [-0.1, -0.05) is 0 Å². The molecule has 0 saturated carbocycles. The SMILES string of the molecule is COC1=NCC2CCCC(C1)N2C(=O)OC(C)(C)C. The third-order valence-electron chi connectivity index (χ3n) is 3.59. The zero-order valence-corrected chi connectivity index (χ0v) is 12.3. The van der Waals surface area contributed by atoms with E-state index in [0.29, 0.717) is 13.0 Å². The quantitative estimate of drug-likeness (QED) is 0.678. The lowest BCUT2D eigenvalue weighted by Crippen LogP contribution is -2.52. The van der Waals surface area contributed by atoms with Gasteiger partial charge in [-0.3, -0.25) is 9.89 Å². The summed E-state index contributed by atoms with van der Waals surface area (Å²) in [4.78, 5) is 18.7. The number of aliphatic imine (C=N–C) groups is 1. The maximum absolute atomic E-state index is 12.4. The molecule has 1 saturated heterocycles. The van der Waals surface area contributed by atoms with Crippen LogP contribution >= 0.6 is 0 Å². The van der Waals surface area contributed by atoms with Crippen molar-refractivity contribution in [1.29, 1.82) is 0 Å². The highest BCUT2D eigenvalue weighted by Gasteiger charge is 2.39. The van der Waals surface area contributed by atoms with Crippen molar-refractivity contribution in [3.05, 3.63) is 0 Å². The second-order valence-electron chi connectivity index (χ2n) is 6.27. The number of fused-ring (bicyclic) bond motifs is 2. The van der Waals surface area contributed by atoms with Crippen LogP contribution in [0.1, 0.15) is 46.5 Å². The third kappa shape index (κ3) is 3.39. The van der Waals surface area contributed by atoms with Gasteiger partial charge in [-0.15, -0.1) is 0 Å². The number of piperidine rings is 1. The van der Waals surface area contributed by atoms with Gasteiger partial charge in [0.05, 0.1) is 19.7 Å². The van der Waals surface area contributed by atoms with Crippen LogP contribution in [0.2, 0.25) is 0 Å². The van der Waals surface area contributed by atoms with Crippen molar-refractivity contribution in [3.63, 3.8) is 0 Å². The van der Waals surface area contributed by atoms with Crippen LogP contribution in [0.5, 0.6) is 0 Å². The lowest BCUT2D eigenvalue weighted by Gasteiger charge is -2.40. The van der Waals surface area contributed by atoms with Crippen LogP contribution in [0, 0.1) is 0 Å². The van der Waals surface area contributed by atoms with Crippen LogP contribution in [0.15, 0.2) is 4.99 Å². The number of hydrogen-bond acceptors (Lipinski definition) is 4. The molecule has 2 aliphatic rings. The first-order chi connectivity index (χ1) is 8.90. The molecular weight excluding hydrogens is 244 g/mol. The predicted octanol–water partition coefficient (Wildman–Crippen LogP) is 2.59. The average molecular weight is 268 g/mol. The lowest BCUT2D eigenvalue weighted by atomic mass is 9.95. The van der Waals surface area contributed by atoms with Crippen LogP contribution in [0.25, 0.3) is 0 Å². The molecule has 5 nitrogen and oxygen atoms in total. The smallest absolute Gasteiger partial charge is 0.410 e. The number of rotatable bonds is 0. The largest absolute Gasteiger partial charge is 0.484 e. The summed E-state index contributed by atoms with van der Waals surface area (Å²) in [6.07, 6.45) is 3.62. The van der Waals surface area contributed by atoms with Crippen molar-refractivity contribution >= 4 is 12.0 Å². The molecule has 0 radical (unpaired) electrons. The minimum absolute atomic E-state index is 0.154.